The SMILES string of the molecule is OCCC#Cc1ccccc1CSc1ncns1. The zero-order valence-electron chi connectivity index (χ0n) is 9.67. The van der Waals surface area contributed by atoms with Gasteiger partial charge in [0.15, 0.2) is 4.34 Å². The molecular formula is C13H12N2OS2. The van der Waals surface area contributed by atoms with Crippen LogP contribution in [0.4, 0.5) is 0 Å². The minimum Gasteiger partial charge on any atom is -0.395 e. The molecule has 0 unspecified atom stereocenters. The van der Waals surface area contributed by atoms with E-state index in [0.29, 0.717) is 6.42 Å². The number of aliphatic hydroxyl groups is 1. The number of aromatic nitrogens is 2. The van der Waals surface area contributed by atoms with Gasteiger partial charge in [0.25, 0.3) is 0 Å². The number of hydrogen-bond donors (Lipinski definition) is 1. The van der Waals surface area contributed by atoms with Gasteiger partial charge in [-0.15, -0.1) is 0 Å². The van der Waals surface area contributed by atoms with Crippen molar-refractivity contribution >= 4 is 23.3 Å². The highest BCUT2D eigenvalue weighted by atomic mass is 32.2. The zero-order chi connectivity index (χ0) is 12.6. The number of rotatable bonds is 4. The van der Waals surface area contributed by atoms with Crippen LogP contribution in [0.2, 0.25) is 0 Å². The lowest BCUT2D eigenvalue weighted by molar-refractivity contribution is 0.305. The van der Waals surface area contributed by atoms with Crippen LogP contribution in [-0.2, 0) is 5.75 Å². The molecule has 0 saturated heterocycles. The van der Waals surface area contributed by atoms with Gasteiger partial charge in [0.05, 0.1) is 6.61 Å². The van der Waals surface area contributed by atoms with E-state index in [1.54, 1.807) is 18.1 Å². The van der Waals surface area contributed by atoms with Crippen molar-refractivity contribution in [2.45, 2.75) is 16.5 Å². The van der Waals surface area contributed by atoms with E-state index in [4.69, 9.17) is 5.11 Å². The van der Waals surface area contributed by atoms with Gasteiger partial charge in [-0.2, -0.15) is 4.37 Å². The molecule has 3 nitrogen and oxygen atoms in total. The first-order chi connectivity index (χ1) is 8.90. The van der Waals surface area contributed by atoms with Gasteiger partial charge in [0.2, 0.25) is 0 Å². The molecule has 2 rings (SSSR count). The largest absolute Gasteiger partial charge is 0.395 e. The molecule has 1 aromatic carbocycles. The molecule has 1 aromatic heterocycles. The highest BCUT2D eigenvalue weighted by Gasteiger charge is 2.02. The minimum absolute atomic E-state index is 0.106. The van der Waals surface area contributed by atoms with E-state index in [-0.39, 0.29) is 6.61 Å². The van der Waals surface area contributed by atoms with E-state index in [0.717, 1.165) is 15.7 Å². The summed E-state index contributed by atoms with van der Waals surface area (Å²) in [6, 6.07) is 8.05. The Morgan fingerprint density at radius 2 is 2.22 bits per heavy atom. The van der Waals surface area contributed by atoms with Crippen LogP contribution < -0.4 is 0 Å². The highest BCUT2D eigenvalue weighted by molar-refractivity contribution is 8.00. The standard InChI is InChI=1S/C13H12N2OS2/c16-8-4-3-6-11-5-1-2-7-12(11)9-17-13-14-10-15-18-13/h1-2,5,7,10,16H,4,8-9H2. The Morgan fingerprint density at radius 1 is 1.33 bits per heavy atom. The summed E-state index contributed by atoms with van der Waals surface area (Å²) < 4.78 is 4.94. The summed E-state index contributed by atoms with van der Waals surface area (Å²) in [4.78, 5) is 4.14. The van der Waals surface area contributed by atoms with Gasteiger partial charge >= 0.3 is 0 Å². The third-order valence-corrected chi connectivity index (χ3v) is 4.02. The van der Waals surface area contributed by atoms with Gasteiger partial charge in [-0.25, -0.2) is 4.98 Å². The average molecular weight is 276 g/mol. The Bertz CT molecular complexity index is 544. The van der Waals surface area contributed by atoms with Crippen LogP contribution in [-0.4, -0.2) is 21.1 Å². The van der Waals surface area contributed by atoms with Crippen molar-refractivity contribution in [3.8, 4) is 11.8 Å². The number of benzene rings is 1. The summed E-state index contributed by atoms with van der Waals surface area (Å²) in [5, 5.41) is 8.72. The average Bonchev–Trinajstić information content (AvgIpc) is 2.91. The lowest BCUT2D eigenvalue weighted by Gasteiger charge is -2.02. The van der Waals surface area contributed by atoms with E-state index in [2.05, 4.69) is 27.3 Å². The van der Waals surface area contributed by atoms with Crippen molar-refractivity contribution in [1.82, 2.24) is 9.36 Å². The zero-order valence-corrected chi connectivity index (χ0v) is 11.3. The molecule has 1 heterocycles. The van der Waals surface area contributed by atoms with Gasteiger partial charge in [-0.3, -0.25) is 0 Å². The van der Waals surface area contributed by atoms with Crippen LogP contribution in [0.25, 0.3) is 0 Å². The third-order valence-electron chi connectivity index (χ3n) is 2.17. The molecule has 0 amide bonds. The van der Waals surface area contributed by atoms with E-state index >= 15 is 0 Å². The Balaban J connectivity index is 2.06. The van der Waals surface area contributed by atoms with Crippen LogP contribution in [0.3, 0.4) is 0 Å². The second-order valence-electron chi connectivity index (χ2n) is 3.43. The molecule has 1 N–H and O–H groups in total. The van der Waals surface area contributed by atoms with Gasteiger partial charge in [-0.1, -0.05) is 41.8 Å². The van der Waals surface area contributed by atoms with E-state index in [1.807, 2.05) is 18.2 Å². The molecule has 0 saturated carbocycles. The number of hydrogen-bond acceptors (Lipinski definition) is 5. The predicted octanol–water partition coefficient (Wildman–Crippen LogP) is 2.56. The summed E-state index contributed by atoms with van der Waals surface area (Å²) >= 11 is 3.06. The fourth-order valence-corrected chi connectivity index (χ4v) is 2.80. The van der Waals surface area contributed by atoms with E-state index in [9.17, 15) is 0 Å². The van der Waals surface area contributed by atoms with Gasteiger partial charge < -0.3 is 5.11 Å². The molecule has 0 radical (unpaired) electrons. The van der Waals surface area contributed by atoms with Crippen molar-refractivity contribution < 1.29 is 5.11 Å². The smallest absolute Gasteiger partial charge is 0.170 e. The molecular weight excluding hydrogens is 264 g/mol. The van der Waals surface area contributed by atoms with Gasteiger partial charge in [0.1, 0.15) is 6.33 Å². The molecule has 0 fully saturated rings. The minimum atomic E-state index is 0.106. The second-order valence-corrected chi connectivity index (χ2v) is 5.43. The number of thioether (sulfide) groups is 1. The molecule has 2 aromatic rings. The van der Waals surface area contributed by atoms with Crippen LogP contribution in [0.1, 0.15) is 17.5 Å². The molecule has 18 heavy (non-hydrogen) atoms. The molecule has 0 aliphatic rings. The molecule has 0 atom stereocenters. The summed E-state index contributed by atoms with van der Waals surface area (Å²) in [6.45, 7) is 0.106. The van der Waals surface area contributed by atoms with Crippen LogP contribution >= 0.6 is 23.3 Å². The Morgan fingerprint density at radius 3 is 3.00 bits per heavy atom. The summed E-state index contributed by atoms with van der Waals surface area (Å²) in [5.74, 6) is 6.87. The van der Waals surface area contributed by atoms with Crippen molar-refractivity contribution in [2.24, 2.45) is 0 Å². The number of nitrogens with zero attached hydrogens (tertiary/aromatic N) is 2. The van der Waals surface area contributed by atoms with Crippen molar-refractivity contribution in [2.75, 3.05) is 6.61 Å². The highest BCUT2D eigenvalue weighted by Crippen LogP contribution is 2.24. The van der Waals surface area contributed by atoms with Crippen LogP contribution in [0, 0.1) is 11.8 Å². The van der Waals surface area contributed by atoms with Crippen molar-refractivity contribution in [1.29, 1.82) is 0 Å². The topological polar surface area (TPSA) is 46.0 Å². The second kappa shape index (κ2) is 7.17. The van der Waals surface area contributed by atoms with Crippen molar-refractivity contribution in [3.63, 3.8) is 0 Å². The normalized spacial score (nSPS) is 9.83. The molecule has 0 bridgehead atoms. The molecule has 0 aliphatic carbocycles. The maximum atomic E-state index is 8.72. The van der Waals surface area contributed by atoms with E-state index < -0.39 is 0 Å². The Hall–Kier alpha value is -1.35. The molecule has 0 aliphatic heterocycles. The number of aliphatic hydroxyl groups excluding tert-OH is 1. The third kappa shape index (κ3) is 3.84. The first-order valence-electron chi connectivity index (χ1n) is 5.47. The summed E-state index contributed by atoms with van der Waals surface area (Å²) in [7, 11) is 0. The molecule has 92 valence electrons. The molecule has 0 spiro atoms. The summed E-state index contributed by atoms with van der Waals surface area (Å²) in [6.07, 6.45) is 2.08. The van der Waals surface area contributed by atoms with Gasteiger partial charge in [-0.05, 0) is 23.2 Å². The Kier molecular flexibility index (Phi) is 5.21. The maximum Gasteiger partial charge on any atom is 0.170 e. The summed E-state index contributed by atoms with van der Waals surface area (Å²) in [5.41, 5.74) is 2.20. The van der Waals surface area contributed by atoms with E-state index in [1.165, 1.54) is 17.1 Å². The van der Waals surface area contributed by atoms with Crippen molar-refractivity contribution in [3.05, 3.63) is 41.7 Å². The molecule has 5 heteroatoms. The fourth-order valence-electron chi connectivity index (χ4n) is 1.35. The quantitative estimate of drug-likeness (QED) is 0.688. The fraction of sp³-hybridized carbons (Fsp3) is 0.231. The maximum absolute atomic E-state index is 8.72. The lowest BCUT2D eigenvalue weighted by atomic mass is 10.1. The first-order valence-corrected chi connectivity index (χ1v) is 7.23. The van der Waals surface area contributed by atoms with Crippen LogP contribution in [0.5, 0.6) is 0 Å². The van der Waals surface area contributed by atoms with Crippen LogP contribution in [0.15, 0.2) is 34.9 Å². The first kappa shape index (κ1) is 13.1. The lowest BCUT2D eigenvalue weighted by Crippen LogP contribution is -1.87. The predicted molar refractivity (Wildman–Crippen MR) is 74.5 cm³/mol. The monoisotopic (exact) mass is 276 g/mol. The Labute approximate surface area is 114 Å². The van der Waals surface area contributed by atoms with Gasteiger partial charge in [0, 0.05) is 17.7 Å².